The van der Waals surface area contributed by atoms with E-state index in [-0.39, 0.29) is 30.6 Å². The largest absolute Gasteiger partial charge is 0.397 e. The third-order valence-electron chi connectivity index (χ3n) is 8.88. The predicted molar refractivity (Wildman–Crippen MR) is 202 cm³/mol. The molecular formula is C40H44N6O5S. The van der Waals surface area contributed by atoms with Gasteiger partial charge in [0.25, 0.3) is 0 Å². The Labute approximate surface area is 307 Å². The van der Waals surface area contributed by atoms with E-state index in [9.17, 15) is 14.7 Å². The molecule has 1 fully saturated rings. The van der Waals surface area contributed by atoms with Gasteiger partial charge in [0.15, 0.2) is 11.4 Å². The number of aromatic nitrogens is 3. The van der Waals surface area contributed by atoms with Gasteiger partial charge in [-0.2, -0.15) is 0 Å². The van der Waals surface area contributed by atoms with Crippen LogP contribution in [0.15, 0.2) is 109 Å². The van der Waals surface area contributed by atoms with E-state index < -0.39 is 6.29 Å². The van der Waals surface area contributed by atoms with E-state index in [1.54, 1.807) is 30.2 Å². The SMILES string of the molecule is Cn1cnnc1SC[C@@H]1C[C@H](c2ccc(CO)cc2)O[C@H](c2cccc(-c3cccc(CNC(=O)CCCCC(=O)Nc4ccccc4N)c3)c2)O1. The summed E-state index contributed by atoms with van der Waals surface area (Å²) < 4.78 is 15.0. The van der Waals surface area contributed by atoms with Crippen molar-refractivity contribution in [2.45, 2.75) is 68.9 Å². The average Bonchev–Trinajstić information content (AvgIpc) is 3.60. The van der Waals surface area contributed by atoms with Gasteiger partial charge in [-0.15, -0.1) is 10.2 Å². The number of benzene rings is 4. The first-order valence-corrected chi connectivity index (χ1v) is 18.4. The quantitative estimate of drug-likeness (QED) is 0.0525. The molecule has 2 heterocycles. The molecule has 2 amide bonds. The van der Waals surface area contributed by atoms with E-state index in [0.29, 0.717) is 55.8 Å². The fraction of sp³-hybridized carbons (Fsp3) is 0.300. The van der Waals surface area contributed by atoms with Crippen molar-refractivity contribution in [3.8, 4) is 11.1 Å². The number of hydrogen-bond donors (Lipinski definition) is 4. The Kier molecular flexibility index (Phi) is 12.7. The fourth-order valence-corrected chi connectivity index (χ4v) is 6.91. The van der Waals surface area contributed by atoms with Gasteiger partial charge in [-0.3, -0.25) is 9.59 Å². The highest BCUT2D eigenvalue weighted by molar-refractivity contribution is 7.99. The summed E-state index contributed by atoms with van der Waals surface area (Å²) in [6.45, 7) is 0.388. The predicted octanol–water partition coefficient (Wildman–Crippen LogP) is 6.71. The molecule has 5 aromatic rings. The molecule has 0 bridgehead atoms. The molecule has 0 aliphatic carbocycles. The summed E-state index contributed by atoms with van der Waals surface area (Å²) in [5, 5.41) is 24.4. The third kappa shape index (κ3) is 10.1. The molecule has 270 valence electrons. The molecule has 3 atom stereocenters. The highest BCUT2D eigenvalue weighted by atomic mass is 32.2. The second-order valence-corrected chi connectivity index (χ2v) is 13.8. The number of aliphatic hydroxyl groups excluding tert-OH is 1. The minimum Gasteiger partial charge on any atom is -0.397 e. The Morgan fingerprint density at radius 2 is 1.63 bits per heavy atom. The van der Waals surface area contributed by atoms with E-state index >= 15 is 0 Å². The van der Waals surface area contributed by atoms with Gasteiger partial charge in [0.1, 0.15) is 6.33 Å². The molecule has 0 spiro atoms. The topological polar surface area (TPSA) is 154 Å². The molecule has 11 nitrogen and oxygen atoms in total. The number of nitrogens with zero attached hydrogens (tertiary/aromatic N) is 3. The number of aryl methyl sites for hydroxylation is 1. The molecule has 6 rings (SSSR count). The highest BCUT2D eigenvalue weighted by Crippen LogP contribution is 2.40. The van der Waals surface area contributed by atoms with Gasteiger partial charge in [-0.25, -0.2) is 0 Å². The first kappa shape index (κ1) is 36.8. The number of nitrogens with two attached hydrogens (primary N) is 1. The van der Waals surface area contributed by atoms with E-state index in [4.69, 9.17) is 15.2 Å². The van der Waals surface area contributed by atoms with Crippen LogP contribution in [0.2, 0.25) is 0 Å². The molecule has 5 N–H and O–H groups in total. The highest BCUT2D eigenvalue weighted by Gasteiger charge is 2.32. The number of hydrogen-bond acceptors (Lipinski definition) is 9. The van der Waals surface area contributed by atoms with Crippen LogP contribution in [0.3, 0.4) is 0 Å². The van der Waals surface area contributed by atoms with Crippen LogP contribution in [0, 0.1) is 0 Å². The van der Waals surface area contributed by atoms with Crippen LogP contribution < -0.4 is 16.4 Å². The number of nitrogen functional groups attached to an aromatic ring is 1. The number of aliphatic hydroxyl groups is 1. The molecule has 0 radical (unpaired) electrons. The molecule has 1 aliphatic heterocycles. The van der Waals surface area contributed by atoms with Crippen LogP contribution in [0.25, 0.3) is 11.1 Å². The molecule has 4 aromatic carbocycles. The molecule has 1 saturated heterocycles. The first-order chi connectivity index (χ1) is 25.3. The van der Waals surface area contributed by atoms with Gasteiger partial charge >= 0.3 is 0 Å². The van der Waals surface area contributed by atoms with E-state index in [2.05, 4.69) is 39.0 Å². The number of nitrogens with one attached hydrogen (secondary N) is 2. The zero-order chi connectivity index (χ0) is 36.3. The lowest BCUT2D eigenvalue weighted by atomic mass is 9.99. The molecule has 0 unspecified atom stereocenters. The number of carbonyl (C=O) groups excluding carboxylic acids is 2. The van der Waals surface area contributed by atoms with Crippen LogP contribution in [0.4, 0.5) is 11.4 Å². The number of amides is 2. The van der Waals surface area contributed by atoms with E-state index in [1.807, 2.05) is 78.3 Å². The Hall–Kier alpha value is -5.01. The van der Waals surface area contributed by atoms with Crippen molar-refractivity contribution in [1.82, 2.24) is 20.1 Å². The number of para-hydroxylation sites is 2. The van der Waals surface area contributed by atoms with Crippen molar-refractivity contribution in [2.24, 2.45) is 7.05 Å². The van der Waals surface area contributed by atoms with Gasteiger partial charge in [0, 0.05) is 44.2 Å². The maximum absolute atomic E-state index is 12.6. The normalized spacial score (nSPS) is 17.1. The van der Waals surface area contributed by atoms with Crippen molar-refractivity contribution in [2.75, 3.05) is 16.8 Å². The summed E-state index contributed by atoms with van der Waals surface area (Å²) >= 11 is 1.60. The van der Waals surface area contributed by atoms with Crippen molar-refractivity contribution < 1.29 is 24.2 Å². The minimum atomic E-state index is -0.591. The number of ether oxygens (including phenoxy) is 2. The Morgan fingerprint density at radius 3 is 2.38 bits per heavy atom. The zero-order valence-corrected chi connectivity index (χ0v) is 29.9. The summed E-state index contributed by atoms with van der Waals surface area (Å²) in [5.41, 5.74) is 12.8. The van der Waals surface area contributed by atoms with Crippen molar-refractivity contribution in [1.29, 1.82) is 0 Å². The van der Waals surface area contributed by atoms with Crippen molar-refractivity contribution >= 4 is 35.0 Å². The maximum Gasteiger partial charge on any atom is 0.224 e. The van der Waals surface area contributed by atoms with Crippen LogP contribution in [-0.4, -0.2) is 43.5 Å². The number of thioether (sulfide) groups is 1. The van der Waals surface area contributed by atoms with E-state index in [1.165, 1.54) is 0 Å². The zero-order valence-electron chi connectivity index (χ0n) is 29.1. The summed E-state index contributed by atoms with van der Waals surface area (Å²) in [7, 11) is 1.92. The first-order valence-electron chi connectivity index (χ1n) is 17.4. The lowest BCUT2D eigenvalue weighted by molar-refractivity contribution is -0.245. The number of anilines is 2. The van der Waals surface area contributed by atoms with Crippen molar-refractivity contribution in [3.63, 3.8) is 0 Å². The summed E-state index contributed by atoms with van der Waals surface area (Å²) in [5.74, 6) is 0.509. The molecule has 0 saturated carbocycles. The number of unbranched alkanes of at least 4 members (excludes halogenated alkanes) is 1. The minimum absolute atomic E-state index is 0.0111. The molecule has 1 aromatic heterocycles. The van der Waals surface area contributed by atoms with Gasteiger partial charge < -0.3 is 35.5 Å². The smallest absolute Gasteiger partial charge is 0.224 e. The second-order valence-electron chi connectivity index (χ2n) is 12.8. The third-order valence-corrected chi connectivity index (χ3v) is 10.1. The monoisotopic (exact) mass is 720 g/mol. The van der Waals surface area contributed by atoms with E-state index in [0.717, 1.165) is 38.5 Å². The lowest BCUT2D eigenvalue weighted by Gasteiger charge is -2.36. The Balaban J connectivity index is 1.05. The maximum atomic E-state index is 12.6. The summed E-state index contributed by atoms with van der Waals surface area (Å²) in [6, 6.07) is 31.3. The molecule has 52 heavy (non-hydrogen) atoms. The van der Waals surface area contributed by atoms with Crippen LogP contribution in [0.5, 0.6) is 0 Å². The average molecular weight is 721 g/mol. The number of carbonyl (C=O) groups is 2. The second kappa shape index (κ2) is 18.0. The van der Waals surface area contributed by atoms with Crippen LogP contribution in [-0.2, 0) is 39.3 Å². The molecule has 12 heteroatoms. The molecular weight excluding hydrogens is 677 g/mol. The number of rotatable bonds is 15. The van der Waals surface area contributed by atoms with Crippen LogP contribution >= 0.6 is 11.8 Å². The van der Waals surface area contributed by atoms with Gasteiger partial charge in [0.2, 0.25) is 11.8 Å². The van der Waals surface area contributed by atoms with Crippen molar-refractivity contribution in [3.05, 3.63) is 126 Å². The standard InChI is InChI=1S/C40H44N6O5S/c1-46-26-43-45-40(46)52-25-33-22-36(29-18-16-27(24-47)17-19-29)51-39(50-33)32-11-7-10-31(21-32)30-9-6-8-28(20-30)23-42-37(48)14-4-5-15-38(49)44-35-13-3-2-12-34(35)41/h2-3,6-13,16-21,26,33,36,39,47H,4-5,14-15,22-25,41H2,1H3,(H,42,48)(H,44,49)/t33-,36+,39+/m0/s1. The summed E-state index contributed by atoms with van der Waals surface area (Å²) in [6.07, 6.45) is 3.34. The summed E-state index contributed by atoms with van der Waals surface area (Å²) in [4.78, 5) is 24.9. The lowest BCUT2D eigenvalue weighted by Crippen LogP contribution is -2.31. The molecule has 1 aliphatic rings. The van der Waals surface area contributed by atoms with Gasteiger partial charge in [-0.1, -0.05) is 84.6 Å². The van der Waals surface area contributed by atoms with Crippen LogP contribution in [0.1, 0.15) is 66.8 Å². The van der Waals surface area contributed by atoms with Gasteiger partial charge in [0.05, 0.1) is 30.2 Å². The fourth-order valence-electron chi connectivity index (χ4n) is 6.00. The Bertz CT molecular complexity index is 1950. The van der Waals surface area contributed by atoms with Gasteiger partial charge in [-0.05, 0) is 64.9 Å². The Morgan fingerprint density at radius 1 is 0.885 bits per heavy atom.